The zero-order valence-corrected chi connectivity index (χ0v) is 17.4. The molecule has 0 fully saturated rings. The van der Waals surface area contributed by atoms with Gasteiger partial charge in [0.15, 0.2) is 0 Å². The summed E-state index contributed by atoms with van der Waals surface area (Å²) in [7, 11) is 0. The number of aryl methyl sites for hydroxylation is 3. The number of hydrogen-bond donors (Lipinski definition) is 1. The first-order valence-electron chi connectivity index (χ1n) is 9.85. The van der Waals surface area contributed by atoms with E-state index in [9.17, 15) is 4.79 Å². The van der Waals surface area contributed by atoms with Crippen LogP contribution in [0.1, 0.15) is 36.5 Å². The van der Waals surface area contributed by atoms with Crippen molar-refractivity contribution in [1.29, 1.82) is 0 Å². The van der Waals surface area contributed by atoms with Gasteiger partial charge in [0.05, 0.1) is 6.61 Å². The molecule has 2 aromatic carbocycles. The molecule has 3 aromatic rings. The Bertz CT molecular complexity index is 956. The average molecular weight is 393 g/mol. The Kier molecular flexibility index (Phi) is 6.59. The number of carbonyl (C=O) groups excluding carboxylic acids is 1. The maximum Gasteiger partial charge on any atom is 0.248 e. The molecule has 1 N–H and O–H groups in total. The van der Waals surface area contributed by atoms with Crippen molar-refractivity contribution in [2.24, 2.45) is 0 Å². The zero-order valence-electron chi connectivity index (χ0n) is 17.4. The van der Waals surface area contributed by atoms with Gasteiger partial charge in [0.2, 0.25) is 11.7 Å². The Morgan fingerprint density at radius 2 is 1.79 bits per heavy atom. The van der Waals surface area contributed by atoms with E-state index >= 15 is 0 Å². The van der Waals surface area contributed by atoms with Crippen LogP contribution in [0, 0.1) is 20.8 Å². The molecule has 152 valence electrons. The minimum absolute atomic E-state index is 0.00202. The van der Waals surface area contributed by atoms with E-state index in [0.717, 1.165) is 41.0 Å². The first kappa shape index (κ1) is 20.5. The summed E-state index contributed by atoms with van der Waals surface area (Å²) in [6.45, 7) is 8.84. The third-order valence-corrected chi connectivity index (χ3v) is 4.56. The van der Waals surface area contributed by atoms with Crippen LogP contribution in [-0.2, 0) is 11.3 Å². The highest BCUT2D eigenvalue weighted by Crippen LogP contribution is 2.22. The van der Waals surface area contributed by atoms with Crippen LogP contribution < -0.4 is 10.1 Å². The summed E-state index contributed by atoms with van der Waals surface area (Å²) in [6.07, 6.45) is 2.13. The molecule has 0 atom stereocenters. The molecule has 0 saturated carbocycles. The third-order valence-electron chi connectivity index (χ3n) is 4.56. The van der Waals surface area contributed by atoms with Gasteiger partial charge in [-0.3, -0.25) is 4.79 Å². The Morgan fingerprint density at radius 1 is 1.10 bits per heavy atom. The first-order chi connectivity index (χ1) is 14.0. The quantitative estimate of drug-likeness (QED) is 0.583. The molecular formula is C22H27N5O2. The van der Waals surface area contributed by atoms with Crippen molar-refractivity contribution in [3.63, 3.8) is 0 Å². The average Bonchev–Trinajstić information content (AvgIpc) is 3.14. The second-order valence-electron chi connectivity index (χ2n) is 7.19. The van der Waals surface area contributed by atoms with Gasteiger partial charge in [0, 0.05) is 11.3 Å². The molecule has 3 rings (SSSR count). The highest BCUT2D eigenvalue weighted by atomic mass is 16.5. The lowest BCUT2D eigenvalue weighted by molar-refractivity contribution is -0.117. The van der Waals surface area contributed by atoms with Crippen LogP contribution in [0.4, 0.5) is 5.69 Å². The smallest absolute Gasteiger partial charge is 0.248 e. The fraction of sp³-hybridized carbons (Fsp3) is 0.364. The summed E-state index contributed by atoms with van der Waals surface area (Å²) in [5, 5.41) is 15.3. The van der Waals surface area contributed by atoms with Gasteiger partial charge in [-0.15, -0.1) is 10.2 Å². The van der Waals surface area contributed by atoms with Crippen LogP contribution in [0.2, 0.25) is 0 Å². The molecule has 0 aliphatic rings. The highest BCUT2D eigenvalue weighted by molar-refractivity contribution is 5.92. The van der Waals surface area contributed by atoms with E-state index in [1.165, 1.54) is 10.4 Å². The zero-order chi connectivity index (χ0) is 20.8. The number of aromatic nitrogens is 4. The molecule has 0 aliphatic heterocycles. The maximum absolute atomic E-state index is 12.4. The molecule has 1 heterocycles. The fourth-order valence-corrected chi connectivity index (χ4v) is 3.14. The van der Waals surface area contributed by atoms with Gasteiger partial charge in [-0.05, 0) is 67.8 Å². The van der Waals surface area contributed by atoms with Crippen LogP contribution in [0.3, 0.4) is 0 Å². The Morgan fingerprint density at radius 3 is 2.45 bits per heavy atom. The SMILES string of the molecule is CCCCOc1ccc(-c2nnn(CC(=O)Nc3c(C)cc(C)cc3C)n2)cc1. The molecule has 29 heavy (non-hydrogen) atoms. The largest absolute Gasteiger partial charge is 0.494 e. The number of nitrogens with zero attached hydrogens (tertiary/aromatic N) is 4. The van der Waals surface area contributed by atoms with Gasteiger partial charge in [-0.1, -0.05) is 31.0 Å². The molecule has 1 aromatic heterocycles. The Labute approximate surface area is 171 Å². The summed E-state index contributed by atoms with van der Waals surface area (Å²) < 4.78 is 5.66. The van der Waals surface area contributed by atoms with E-state index in [4.69, 9.17) is 4.74 Å². The standard InChI is InChI=1S/C22H27N5O2/c1-5-6-11-29-19-9-7-18(8-10-19)22-24-26-27(25-22)14-20(28)23-21-16(3)12-15(2)13-17(21)4/h7-10,12-13H,5-6,11,14H2,1-4H3,(H,23,28). The van der Waals surface area contributed by atoms with Gasteiger partial charge in [0.25, 0.3) is 0 Å². The molecule has 7 heteroatoms. The lowest BCUT2D eigenvalue weighted by Gasteiger charge is -2.12. The lowest BCUT2D eigenvalue weighted by atomic mass is 10.1. The van der Waals surface area contributed by atoms with Crippen LogP contribution in [-0.4, -0.2) is 32.7 Å². The van der Waals surface area contributed by atoms with Crippen LogP contribution in [0.5, 0.6) is 5.75 Å². The summed E-state index contributed by atoms with van der Waals surface area (Å²) in [5.41, 5.74) is 4.89. The number of anilines is 1. The van der Waals surface area contributed by atoms with Crippen molar-refractivity contribution in [3.05, 3.63) is 53.1 Å². The number of nitrogens with one attached hydrogen (secondary N) is 1. The van der Waals surface area contributed by atoms with E-state index in [2.05, 4.69) is 27.7 Å². The van der Waals surface area contributed by atoms with Gasteiger partial charge >= 0.3 is 0 Å². The van der Waals surface area contributed by atoms with Crippen molar-refractivity contribution in [2.45, 2.75) is 47.1 Å². The van der Waals surface area contributed by atoms with E-state index in [0.29, 0.717) is 12.4 Å². The van der Waals surface area contributed by atoms with Crippen molar-refractivity contribution < 1.29 is 9.53 Å². The van der Waals surface area contributed by atoms with Crippen LogP contribution >= 0.6 is 0 Å². The lowest BCUT2D eigenvalue weighted by Crippen LogP contribution is -2.21. The molecule has 0 radical (unpaired) electrons. The molecule has 0 saturated heterocycles. The maximum atomic E-state index is 12.4. The second kappa shape index (κ2) is 9.32. The summed E-state index contributed by atoms with van der Waals surface area (Å²) in [4.78, 5) is 13.7. The molecule has 7 nitrogen and oxygen atoms in total. The number of unbranched alkanes of at least 4 members (excludes halogenated alkanes) is 1. The van der Waals surface area contributed by atoms with Gasteiger partial charge in [-0.25, -0.2) is 0 Å². The minimum Gasteiger partial charge on any atom is -0.494 e. The second-order valence-corrected chi connectivity index (χ2v) is 7.19. The van der Waals surface area contributed by atoms with E-state index in [-0.39, 0.29) is 12.5 Å². The predicted octanol–water partition coefficient (Wildman–Crippen LogP) is 4.08. The molecule has 0 aliphatic carbocycles. The molecular weight excluding hydrogens is 366 g/mol. The normalized spacial score (nSPS) is 10.8. The topological polar surface area (TPSA) is 81.9 Å². The van der Waals surface area contributed by atoms with Gasteiger partial charge in [0.1, 0.15) is 12.3 Å². The van der Waals surface area contributed by atoms with Crippen molar-refractivity contribution in [1.82, 2.24) is 20.2 Å². The number of tetrazole rings is 1. The summed E-state index contributed by atoms with van der Waals surface area (Å²) in [6, 6.07) is 11.7. The van der Waals surface area contributed by atoms with Crippen molar-refractivity contribution in [2.75, 3.05) is 11.9 Å². The number of hydrogen-bond acceptors (Lipinski definition) is 5. The molecule has 0 spiro atoms. The number of amides is 1. The Balaban J connectivity index is 1.62. The monoisotopic (exact) mass is 393 g/mol. The molecule has 0 bridgehead atoms. The summed E-state index contributed by atoms with van der Waals surface area (Å²) in [5.74, 6) is 1.10. The first-order valence-corrected chi connectivity index (χ1v) is 9.85. The van der Waals surface area contributed by atoms with Crippen molar-refractivity contribution in [3.8, 4) is 17.1 Å². The minimum atomic E-state index is -0.191. The fourth-order valence-electron chi connectivity index (χ4n) is 3.14. The van der Waals surface area contributed by atoms with E-state index < -0.39 is 0 Å². The number of carbonyl (C=O) groups is 1. The number of ether oxygens (including phenoxy) is 1. The van der Waals surface area contributed by atoms with E-state index in [1.807, 2.05) is 57.2 Å². The van der Waals surface area contributed by atoms with Crippen LogP contribution in [0.25, 0.3) is 11.4 Å². The number of rotatable bonds is 8. The molecule has 0 unspecified atom stereocenters. The van der Waals surface area contributed by atoms with Crippen molar-refractivity contribution >= 4 is 11.6 Å². The Hall–Kier alpha value is -3.22. The number of benzene rings is 2. The highest BCUT2D eigenvalue weighted by Gasteiger charge is 2.12. The summed E-state index contributed by atoms with van der Waals surface area (Å²) >= 11 is 0. The van der Waals surface area contributed by atoms with Gasteiger partial charge in [-0.2, -0.15) is 4.80 Å². The third kappa shape index (κ3) is 5.40. The van der Waals surface area contributed by atoms with Crippen LogP contribution in [0.15, 0.2) is 36.4 Å². The van der Waals surface area contributed by atoms with Gasteiger partial charge < -0.3 is 10.1 Å². The predicted molar refractivity (Wildman–Crippen MR) is 113 cm³/mol. The van der Waals surface area contributed by atoms with E-state index in [1.54, 1.807) is 0 Å². The molecule has 1 amide bonds.